The van der Waals surface area contributed by atoms with Crippen molar-refractivity contribution in [1.29, 1.82) is 0 Å². The molecule has 0 unspecified atom stereocenters. The van der Waals surface area contributed by atoms with Crippen LogP contribution >= 0.6 is 0 Å². The molecule has 264 valence electrons. The largest absolute Gasteiger partial charge is 0.497 e. The zero-order valence-corrected chi connectivity index (χ0v) is 29.6. The quantitative estimate of drug-likeness (QED) is 0.118. The molecule has 0 saturated carbocycles. The Morgan fingerprint density at radius 2 is 1.52 bits per heavy atom. The van der Waals surface area contributed by atoms with Crippen molar-refractivity contribution in [3.05, 3.63) is 124 Å². The van der Waals surface area contributed by atoms with Gasteiger partial charge in [0.15, 0.2) is 0 Å². The van der Waals surface area contributed by atoms with Gasteiger partial charge < -0.3 is 19.7 Å². The van der Waals surface area contributed by atoms with Crippen molar-refractivity contribution in [2.75, 3.05) is 31.6 Å². The number of nitro benzene ring substituents is 1. The fraction of sp³-hybridized carbons (Fsp3) is 0.297. The van der Waals surface area contributed by atoms with Crippen molar-refractivity contribution in [3.8, 4) is 11.5 Å². The Hall–Kier alpha value is -5.43. The SMILES string of the molecule is COc1ccc(N(CC(=O)N(Cc2cccc(OC)c2)[C@@H](Cc2ccccc2)C(=O)NCC(C)C)S(=O)(=O)c2ccc(C)c([N+](=O)[O-])c2)cc1. The second-order valence-corrected chi connectivity index (χ2v) is 14.0. The fourth-order valence-electron chi connectivity index (χ4n) is 5.29. The molecule has 12 nitrogen and oxygen atoms in total. The predicted octanol–water partition coefficient (Wildman–Crippen LogP) is 5.53. The average molecular weight is 703 g/mol. The first-order valence-corrected chi connectivity index (χ1v) is 17.4. The number of rotatable bonds is 16. The Bertz CT molecular complexity index is 1900. The van der Waals surface area contributed by atoms with Crippen molar-refractivity contribution in [3.63, 3.8) is 0 Å². The summed E-state index contributed by atoms with van der Waals surface area (Å²) in [5, 5.41) is 14.7. The molecule has 4 rings (SSSR count). The van der Waals surface area contributed by atoms with Crippen molar-refractivity contribution in [2.24, 2.45) is 5.92 Å². The van der Waals surface area contributed by atoms with E-state index in [1.807, 2.05) is 44.2 Å². The van der Waals surface area contributed by atoms with E-state index in [1.54, 1.807) is 36.4 Å². The van der Waals surface area contributed by atoms with Crippen LogP contribution in [0.2, 0.25) is 0 Å². The molecular formula is C37H42N4O8S. The normalized spacial score (nSPS) is 11.8. The lowest BCUT2D eigenvalue weighted by Crippen LogP contribution is -2.53. The molecule has 0 aliphatic carbocycles. The molecule has 50 heavy (non-hydrogen) atoms. The van der Waals surface area contributed by atoms with Crippen molar-refractivity contribution in [1.82, 2.24) is 10.2 Å². The summed E-state index contributed by atoms with van der Waals surface area (Å²) in [6, 6.07) is 24.9. The van der Waals surface area contributed by atoms with Gasteiger partial charge in [-0.3, -0.25) is 24.0 Å². The highest BCUT2D eigenvalue weighted by Crippen LogP contribution is 2.30. The molecule has 0 aromatic heterocycles. The summed E-state index contributed by atoms with van der Waals surface area (Å²) in [7, 11) is -1.58. The number of hydrogen-bond donors (Lipinski definition) is 1. The van der Waals surface area contributed by atoms with E-state index in [0.29, 0.717) is 23.6 Å². The van der Waals surface area contributed by atoms with Crippen LogP contribution in [0.1, 0.15) is 30.5 Å². The van der Waals surface area contributed by atoms with Gasteiger partial charge in [-0.15, -0.1) is 0 Å². The van der Waals surface area contributed by atoms with Crippen LogP contribution in [0, 0.1) is 23.0 Å². The molecule has 2 amide bonds. The highest BCUT2D eigenvalue weighted by molar-refractivity contribution is 7.92. The Kier molecular flexibility index (Phi) is 12.6. The van der Waals surface area contributed by atoms with Gasteiger partial charge in [-0.2, -0.15) is 0 Å². The Labute approximate surface area is 292 Å². The molecule has 1 atom stereocenters. The van der Waals surface area contributed by atoms with Crippen molar-refractivity contribution in [2.45, 2.75) is 44.7 Å². The second-order valence-electron chi connectivity index (χ2n) is 12.1. The fourth-order valence-corrected chi connectivity index (χ4v) is 6.73. The van der Waals surface area contributed by atoms with E-state index in [2.05, 4.69) is 5.32 Å². The van der Waals surface area contributed by atoms with E-state index in [4.69, 9.17) is 9.47 Å². The lowest BCUT2D eigenvalue weighted by molar-refractivity contribution is -0.385. The summed E-state index contributed by atoms with van der Waals surface area (Å²) in [6.07, 6.45) is 0.153. The summed E-state index contributed by atoms with van der Waals surface area (Å²) < 4.78 is 40.3. The van der Waals surface area contributed by atoms with E-state index in [1.165, 1.54) is 50.3 Å². The monoisotopic (exact) mass is 702 g/mol. The number of carbonyl (C=O) groups excluding carboxylic acids is 2. The summed E-state index contributed by atoms with van der Waals surface area (Å²) in [6.45, 7) is 5.02. The molecule has 0 radical (unpaired) electrons. The number of sulfonamides is 1. The smallest absolute Gasteiger partial charge is 0.273 e. The highest BCUT2D eigenvalue weighted by Gasteiger charge is 2.35. The highest BCUT2D eigenvalue weighted by atomic mass is 32.2. The van der Waals surface area contributed by atoms with E-state index < -0.39 is 39.3 Å². The van der Waals surface area contributed by atoms with Crippen LogP contribution in [-0.4, -0.2) is 63.4 Å². The molecule has 4 aromatic rings. The van der Waals surface area contributed by atoms with Crippen LogP contribution in [0.3, 0.4) is 0 Å². The van der Waals surface area contributed by atoms with E-state index in [0.717, 1.165) is 15.9 Å². The number of carbonyl (C=O) groups is 2. The average Bonchev–Trinajstić information content (AvgIpc) is 3.11. The molecule has 0 saturated heterocycles. The summed E-state index contributed by atoms with van der Waals surface area (Å²) in [5.41, 5.74) is 1.47. The lowest BCUT2D eigenvalue weighted by atomic mass is 10.0. The van der Waals surface area contributed by atoms with Gasteiger partial charge in [-0.05, 0) is 66.4 Å². The third-order valence-electron chi connectivity index (χ3n) is 8.05. The molecule has 0 aliphatic rings. The lowest BCUT2D eigenvalue weighted by Gasteiger charge is -2.34. The summed E-state index contributed by atoms with van der Waals surface area (Å²) in [4.78, 5) is 40.7. The maximum Gasteiger partial charge on any atom is 0.273 e. The Morgan fingerprint density at radius 1 is 0.860 bits per heavy atom. The number of benzene rings is 4. The van der Waals surface area contributed by atoms with Crippen LogP contribution in [0.25, 0.3) is 0 Å². The number of hydrogen-bond acceptors (Lipinski definition) is 8. The predicted molar refractivity (Wildman–Crippen MR) is 191 cm³/mol. The van der Waals surface area contributed by atoms with Gasteiger partial charge in [0, 0.05) is 31.1 Å². The van der Waals surface area contributed by atoms with Gasteiger partial charge in [0.05, 0.1) is 29.7 Å². The zero-order chi connectivity index (χ0) is 36.4. The van der Waals surface area contributed by atoms with E-state index in [9.17, 15) is 28.1 Å². The molecule has 1 N–H and O–H groups in total. The van der Waals surface area contributed by atoms with E-state index in [-0.39, 0.29) is 40.7 Å². The maximum absolute atomic E-state index is 14.7. The topological polar surface area (TPSA) is 148 Å². The van der Waals surface area contributed by atoms with Crippen molar-refractivity contribution >= 4 is 33.2 Å². The van der Waals surface area contributed by atoms with Gasteiger partial charge in [-0.1, -0.05) is 62.4 Å². The molecule has 0 fully saturated rings. The molecule has 0 spiro atoms. The number of nitrogens with zero attached hydrogens (tertiary/aromatic N) is 3. The third kappa shape index (κ3) is 9.38. The number of amides is 2. The first-order valence-electron chi connectivity index (χ1n) is 16.0. The number of anilines is 1. The second kappa shape index (κ2) is 16.8. The number of aryl methyl sites for hydroxylation is 1. The molecule has 0 aliphatic heterocycles. The zero-order valence-electron chi connectivity index (χ0n) is 28.7. The Morgan fingerprint density at radius 3 is 2.14 bits per heavy atom. The first kappa shape index (κ1) is 37.4. The van der Waals surface area contributed by atoms with Gasteiger partial charge in [0.1, 0.15) is 24.1 Å². The minimum absolute atomic E-state index is 0.0465. The first-order chi connectivity index (χ1) is 23.8. The Balaban J connectivity index is 1.85. The van der Waals surface area contributed by atoms with Crippen LogP contribution in [-0.2, 0) is 32.6 Å². The number of nitro groups is 1. The van der Waals surface area contributed by atoms with Gasteiger partial charge >= 0.3 is 0 Å². The van der Waals surface area contributed by atoms with Crippen LogP contribution in [0.4, 0.5) is 11.4 Å². The molecule has 13 heteroatoms. The standard InChI is InChI=1S/C37H42N4O8S/c1-26(2)23-38-37(43)35(21-28-10-7-6-8-11-28)39(24-29-12-9-13-32(20-29)49-5)36(42)25-40(30-15-17-31(48-4)18-16-30)50(46,47)33-19-14-27(3)34(22-33)41(44)45/h6-20,22,26,35H,21,23-25H2,1-5H3,(H,38,43)/t35-/m0/s1. The number of ether oxygens (including phenoxy) is 2. The number of methoxy groups -OCH3 is 2. The van der Waals surface area contributed by atoms with Crippen LogP contribution < -0.4 is 19.1 Å². The number of nitrogens with one attached hydrogen (secondary N) is 1. The minimum Gasteiger partial charge on any atom is -0.497 e. The third-order valence-corrected chi connectivity index (χ3v) is 9.82. The molecule has 0 heterocycles. The van der Waals surface area contributed by atoms with Gasteiger partial charge in [-0.25, -0.2) is 8.42 Å². The van der Waals surface area contributed by atoms with Gasteiger partial charge in [0.2, 0.25) is 11.8 Å². The van der Waals surface area contributed by atoms with Crippen molar-refractivity contribution < 1.29 is 32.4 Å². The molecule has 0 bridgehead atoms. The van der Waals surface area contributed by atoms with Crippen LogP contribution in [0.5, 0.6) is 11.5 Å². The van der Waals surface area contributed by atoms with Crippen LogP contribution in [0.15, 0.2) is 102 Å². The summed E-state index contributed by atoms with van der Waals surface area (Å²) >= 11 is 0. The van der Waals surface area contributed by atoms with Gasteiger partial charge in [0.25, 0.3) is 15.7 Å². The minimum atomic E-state index is -4.56. The maximum atomic E-state index is 14.7. The van der Waals surface area contributed by atoms with E-state index >= 15 is 0 Å². The summed E-state index contributed by atoms with van der Waals surface area (Å²) in [5.74, 6) is 0.0596. The molecule has 4 aromatic carbocycles. The molecular weight excluding hydrogens is 660 g/mol.